The Morgan fingerprint density at radius 3 is 2.24 bits per heavy atom. The first-order valence-corrected chi connectivity index (χ1v) is 5.61. The Hall–Kier alpha value is -1.74. The highest BCUT2D eigenvalue weighted by molar-refractivity contribution is 5.34. The molecule has 88 valence electrons. The van der Waals surface area contributed by atoms with Crippen molar-refractivity contribution in [2.45, 2.75) is 26.9 Å². The van der Waals surface area contributed by atoms with Crippen LogP contribution < -0.4 is 0 Å². The highest BCUT2D eigenvalue weighted by Gasteiger charge is 2.15. The number of aryl methyl sites for hydroxylation is 3. The summed E-state index contributed by atoms with van der Waals surface area (Å²) in [5, 5.41) is 10.2. The van der Waals surface area contributed by atoms with Gasteiger partial charge in [0.15, 0.2) is 5.82 Å². The van der Waals surface area contributed by atoms with Crippen molar-refractivity contribution in [1.29, 1.82) is 0 Å². The molecule has 3 nitrogen and oxygen atoms in total. The van der Waals surface area contributed by atoms with Crippen LogP contribution in [0.4, 0.5) is 0 Å². The molecule has 0 bridgehead atoms. The molecule has 0 radical (unpaired) electrons. The standard InChI is InChI=1S/C14H16N2O/c1-9-4-5-12(11(3)6-9)13(17)14-15-7-10(2)8-16-14/h4-8,13,17H,1-3H3. The average Bonchev–Trinajstić information content (AvgIpc) is 2.29. The van der Waals surface area contributed by atoms with Crippen LogP contribution in [0, 0.1) is 20.8 Å². The first-order valence-electron chi connectivity index (χ1n) is 5.61. The molecular weight excluding hydrogens is 212 g/mol. The molecule has 0 saturated carbocycles. The molecule has 0 aliphatic heterocycles. The minimum absolute atomic E-state index is 0.447. The van der Waals surface area contributed by atoms with Gasteiger partial charge >= 0.3 is 0 Å². The van der Waals surface area contributed by atoms with Crippen LogP contribution in [0.25, 0.3) is 0 Å². The van der Waals surface area contributed by atoms with Gasteiger partial charge in [0, 0.05) is 12.4 Å². The first-order chi connectivity index (χ1) is 8.08. The van der Waals surface area contributed by atoms with Crippen LogP contribution in [0.2, 0.25) is 0 Å². The molecule has 0 aliphatic carbocycles. The second-order valence-corrected chi connectivity index (χ2v) is 4.38. The first kappa shape index (κ1) is 11.7. The fraction of sp³-hybridized carbons (Fsp3) is 0.286. The van der Waals surface area contributed by atoms with Crippen LogP contribution in [0.3, 0.4) is 0 Å². The van der Waals surface area contributed by atoms with Gasteiger partial charge in [0.1, 0.15) is 6.10 Å². The van der Waals surface area contributed by atoms with Gasteiger partial charge in [-0.15, -0.1) is 0 Å². The maximum Gasteiger partial charge on any atom is 0.161 e. The minimum Gasteiger partial charge on any atom is -0.380 e. The van der Waals surface area contributed by atoms with E-state index in [1.54, 1.807) is 12.4 Å². The van der Waals surface area contributed by atoms with Gasteiger partial charge in [-0.05, 0) is 37.5 Å². The van der Waals surface area contributed by atoms with Gasteiger partial charge in [-0.2, -0.15) is 0 Å². The van der Waals surface area contributed by atoms with Crippen molar-refractivity contribution in [1.82, 2.24) is 9.97 Å². The van der Waals surface area contributed by atoms with Crippen molar-refractivity contribution in [2.24, 2.45) is 0 Å². The van der Waals surface area contributed by atoms with Crippen LogP contribution >= 0.6 is 0 Å². The smallest absolute Gasteiger partial charge is 0.161 e. The molecule has 2 rings (SSSR count). The Balaban J connectivity index is 2.36. The maximum absolute atomic E-state index is 10.2. The highest BCUT2D eigenvalue weighted by Crippen LogP contribution is 2.22. The van der Waals surface area contributed by atoms with Gasteiger partial charge in [0.2, 0.25) is 0 Å². The fourth-order valence-electron chi connectivity index (χ4n) is 1.82. The number of hydrogen-bond acceptors (Lipinski definition) is 3. The molecule has 1 aromatic heterocycles. The predicted octanol–water partition coefficient (Wildman–Crippen LogP) is 2.48. The second-order valence-electron chi connectivity index (χ2n) is 4.38. The molecule has 1 atom stereocenters. The molecular formula is C14H16N2O. The van der Waals surface area contributed by atoms with E-state index < -0.39 is 6.10 Å². The molecule has 1 unspecified atom stereocenters. The normalized spacial score (nSPS) is 12.5. The molecule has 3 heteroatoms. The van der Waals surface area contributed by atoms with Crippen molar-refractivity contribution in [2.75, 3.05) is 0 Å². The van der Waals surface area contributed by atoms with E-state index in [-0.39, 0.29) is 0 Å². The Kier molecular flexibility index (Phi) is 3.20. The van der Waals surface area contributed by atoms with E-state index in [0.717, 1.165) is 16.7 Å². The van der Waals surface area contributed by atoms with Crippen LogP contribution in [-0.2, 0) is 0 Å². The predicted molar refractivity (Wildman–Crippen MR) is 66.7 cm³/mol. The van der Waals surface area contributed by atoms with Crippen molar-refractivity contribution in [3.8, 4) is 0 Å². The Morgan fingerprint density at radius 2 is 1.65 bits per heavy atom. The summed E-state index contributed by atoms with van der Waals surface area (Å²) in [5.41, 5.74) is 4.09. The Bertz CT molecular complexity index is 520. The van der Waals surface area contributed by atoms with E-state index in [1.165, 1.54) is 5.56 Å². The summed E-state index contributed by atoms with van der Waals surface area (Å²) in [7, 11) is 0. The minimum atomic E-state index is -0.754. The number of nitrogens with zero attached hydrogens (tertiary/aromatic N) is 2. The van der Waals surface area contributed by atoms with E-state index in [2.05, 4.69) is 9.97 Å². The number of aromatic nitrogens is 2. The zero-order chi connectivity index (χ0) is 12.4. The van der Waals surface area contributed by atoms with Gasteiger partial charge in [-0.1, -0.05) is 23.8 Å². The quantitative estimate of drug-likeness (QED) is 0.859. The van der Waals surface area contributed by atoms with Crippen molar-refractivity contribution >= 4 is 0 Å². The molecule has 1 N–H and O–H groups in total. The lowest BCUT2D eigenvalue weighted by Crippen LogP contribution is -2.07. The van der Waals surface area contributed by atoms with E-state index in [0.29, 0.717) is 5.82 Å². The second kappa shape index (κ2) is 4.63. The number of aliphatic hydroxyl groups excluding tert-OH is 1. The summed E-state index contributed by atoms with van der Waals surface area (Å²) in [6.07, 6.45) is 2.68. The molecule has 0 aliphatic rings. The summed E-state index contributed by atoms with van der Waals surface area (Å²) in [5.74, 6) is 0.447. The zero-order valence-electron chi connectivity index (χ0n) is 10.3. The topological polar surface area (TPSA) is 46.0 Å². The number of benzene rings is 1. The third-order valence-corrected chi connectivity index (χ3v) is 2.77. The average molecular weight is 228 g/mol. The largest absolute Gasteiger partial charge is 0.380 e. The molecule has 1 aromatic carbocycles. The monoisotopic (exact) mass is 228 g/mol. The molecule has 17 heavy (non-hydrogen) atoms. The van der Waals surface area contributed by atoms with Crippen LogP contribution in [0.5, 0.6) is 0 Å². The number of aliphatic hydroxyl groups is 1. The van der Waals surface area contributed by atoms with Gasteiger partial charge in [0.25, 0.3) is 0 Å². The number of rotatable bonds is 2. The van der Waals surface area contributed by atoms with Gasteiger partial charge in [-0.25, -0.2) is 9.97 Å². The van der Waals surface area contributed by atoms with Gasteiger partial charge < -0.3 is 5.11 Å². The van der Waals surface area contributed by atoms with Gasteiger partial charge in [-0.3, -0.25) is 0 Å². The molecule has 0 fully saturated rings. The van der Waals surface area contributed by atoms with E-state index in [9.17, 15) is 5.11 Å². The summed E-state index contributed by atoms with van der Waals surface area (Å²) in [6.45, 7) is 5.94. The Morgan fingerprint density at radius 1 is 1.00 bits per heavy atom. The van der Waals surface area contributed by atoms with E-state index in [1.807, 2.05) is 39.0 Å². The van der Waals surface area contributed by atoms with Crippen molar-refractivity contribution < 1.29 is 5.11 Å². The molecule has 2 aromatic rings. The highest BCUT2D eigenvalue weighted by atomic mass is 16.3. The molecule has 0 amide bonds. The lowest BCUT2D eigenvalue weighted by molar-refractivity contribution is 0.209. The number of hydrogen-bond donors (Lipinski definition) is 1. The van der Waals surface area contributed by atoms with Crippen LogP contribution in [-0.4, -0.2) is 15.1 Å². The third-order valence-electron chi connectivity index (χ3n) is 2.77. The lowest BCUT2D eigenvalue weighted by atomic mass is 10.0. The maximum atomic E-state index is 10.2. The third kappa shape index (κ3) is 2.50. The summed E-state index contributed by atoms with van der Waals surface area (Å²) < 4.78 is 0. The molecule has 0 spiro atoms. The Labute approximate surface area is 101 Å². The van der Waals surface area contributed by atoms with E-state index >= 15 is 0 Å². The fourth-order valence-corrected chi connectivity index (χ4v) is 1.82. The summed E-state index contributed by atoms with van der Waals surface area (Å²) in [4.78, 5) is 8.31. The zero-order valence-corrected chi connectivity index (χ0v) is 10.3. The summed E-state index contributed by atoms with van der Waals surface area (Å²) >= 11 is 0. The van der Waals surface area contributed by atoms with E-state index in [4.69, 9.17) is 0 Å². The van der Waals surface area contributed by atoms with Crippen LogP contribution in [0.1, 0.15) is 34.2 Å². The summed E-state index contributed by atoms with van der Waals surface area (Å²) in [6, 6.07) is 5.96. The van der Waals surface area contributed by atoms with Crippen molar-refractivity contribution in [3.05, 3.63) is 58.7 Å². The van der Waals surface area contributed by atoms with Crippen molar-refractivity contribution in [3.63, 3.8) is 0 Å². The lowest BCUT2D eigenvalue weighted by Gasteiger charge is -2.13. The van der Waals surface area contributed by atoms with Gasteiger partial charge in [0.05, 0.1) is 0 Å². The SMILES string of the molecule is Cc1cnc(C(O)c2ccc(C)cc2C)nc1. The molecule has 1 heterocycles. The molecule has 0 saturated heterocycles. The van der Waals surface area contributed by atoms with Crippen LogP contribution in [0.15, 0.2) is 30.6 Å².